The normalized spacial score (nSPS) is 24.6. The predicted molar refractivity (Wildman–Crippen MR) is 64.2 cm³/mol. The van der Waals surface area contributed by atoms with Gasteiger partial charge in [-0.05, 0) is 11.4 Å². The van der Waals surface area contributed by atoms with Crippen molar-refractivity contribution in [1.82, 2.24) is 10.6 Å². The number of rotatable bonds is 3. The summed E-state index contributed by atoms with van der Waals surface area (Å²) in [5.74, 6) is -0.129. The number of methoxy groups -OCH3 is 1. The standard InChI is InChI=1S/C10H13ClN2O2S/c1-15-8-5-12-4-7(8)13-10(14)9-6(11)2-3-16-9/h2-3,7-8,12H,4-5H2,1H3,(H,13,14)/t7?,8-/m0/s1. The zero-order valence-electron chi connectivity index (χ0n) is 8.83. The Balaban J connectivity index is 2.00. The van der Waals surface area contributed by atoms with Crippen molar-refractivity contribution in [3.63, 3.8) is 0 Å². The van der Waals surface area contributed by atoms with Crippen molar-refractivity contribution in [3.05, 3.63) is 21.3 Å². The molecule has 4 nitrogen and oxygen atoms in total. The smallest absolute Gasteiger partial charge is 0.263 e. The summed E-state index contributed by atoms with van der Waals surface area (Å²) in [6.45, 7) is 1.49. The fraction of sp³-hybridized carbons (Fsp3) is 0.500. The van der Waals surface area contributed by atoms with Crippen molar-refractivity contribution in [3.8, 4) is 0 Å². The minimum absolute atomic E-state index is 0.00988. The Morgan fingerprint density at radius 3 is 3.12 bits per heavy atom. The van der Waals surface area contributed by atoms with Gasteiger partial charge in [0.15, 0.2) is 0 Å². The molecular formula is C10H13ClN2O2S. The van der Waals surface area contributed by atoms with Gasteiger partial charge in [-0.25, -0.2) is 0 Å². The Hall–Kier alpha value is -0.620. The molecule has 1 aromatic rings. The maximum atomic E-state index is 11.9. The second-order valence-corrected chi connectivity index (χ2v) is 4.93. The summed E-state index contributed by atoms with van der Waals surface area (Å²) in [6, 6.07) is 1.73. The zero-order chi connectivity index (χ0) is 11.5. The third-order valence-electron chi connectivity index (χ3n) is 2.60. The summed E-state index contributed by atoms with van der Waals surface area (Å²) < 4.78 is 5.27. The van der Waals surface area contributed by atoms with Crippen LogP contribution in [0.3, 0.4) is 0 Å². The third kappa shape index (κ3) is 2.38. The van der Waals surface area contributed by atoms with Crippen LogP contribution in [0.4, 0.5) is 0 Å². The van der Waals surface area contributed by atoms with Crippen molar-refractivity contribution < 1.29 is 9.53 Å². The molecule has 2 atom stereocenters. The minimum Gasteiger partial charge on any atom is -0.378 e. The van der Waals surface area contributed by atoms with E-state index in [1.54, 1.807) is 18.6 Å². The van der Waals surface area contributed by atoms with Crippen LogP contribution >= 0.6 is 22.9 Å². The molecule has 0 bridgehead atoms. The lowest BCUT2D eigenvalue weighted by Crippen LogP contribution is -2.43. The molecule has 2 heterocycles. The number of carbonyl (C=O) groups excluding carboxylic acids is 1. The second-order valence-electron chi connectivity index (χ2n) is 3.61. The lowest BCUT2D eigenvalue weighted by molar-refractivity contribution is 0.0783. The van der Waals surface area contributed by atoms with E-state index in [1.165, 1.54) is 11.3 Å². The fourth-order valence-corrected chi connectivity index (χ4v) is 2.78. The summed E-state index contributed by atoms with van der Waals surface area (Å²) in [6.07, 6.45) is 0.0303. The lowest BCUT2D eigenvalue weighted by atomic mass is 10.2. The molecule has 1 aliphatic rings. The first-order valence-corrected chi connectivity index (χ1v) is 6.25. The van der Waals surface area contributed by atoms with Gasteiger partial charge in [0.05, 0.1) is 17.2 Å². The molecule has 16 heavy (non-hydrogen) atoms. The van der Waals surface area contributed by atoms with Gasteiger partial charge >= 0.3 is 0 Å². The molecule has 0 saturated carbocycles. The molecule has 2 N–H and O–H groups in total. The van der Waals surface area contributed by atoms with Crippen LogP contribution in [0.2, 0.25) is 5.02 Å². The summed E-state index contributed by atoms with van der Waals surface area (Å²) in [5, 5.41) is 8.40. The van der Waals surface area contributed by atoms with E-state index in [0.717, 1.165) is 13.1 Å². The van der Waals surface area contributed by atoms with Crippen LogP contribution in [0, 0.1) is 0 Å². The van der Waals surface area contributed by atoms with Crippen LogP contribution in [0.25, 0.3) is 0 Å². The summed E-state index contributed by atoms with van der Waals surface area (Å²) in [4.78, 5) is 12.4. The molecule has 1 aromatic heterocycles. The average molecular weight is 261 g/mol. The molecule has 88 valence electrons. The van der Waals surface area contributed by atoms with Crippen molar-refractivity contribution in [2.24, 2.45) is 0 Å². The molecule has 1 saturated heterocycles. The van der Waals surface area contributed by atoms with Crippen LogP contribution < -0.4 is 10.6 Å². The highest BCUT2D eigenvalue weighted by Crippen LogP contribution is 2.22. The first-order valence-electron chi connectivity index (χ1n) is 4.99. The van der Waals surface area contributed by atoms with Gasteiger partial charge in [-0.2, -0.15) is 0 Å². The largest absolute Gasteiger partial charge is 0.378 e. The van der Waals surface area contributed by atoms with Gasteiger partial charge in [0.2, 0.25) is 0 Å². The number of hydrogen-bond acceptors (Lipinski definition) is 4. The van der Waals surface area contributed by atoms with Crippen molar-refractivity contribution >= 4 is 28.8 Å². The van der Waals surface area contributed by atoms with Gasteiger partial charge < -0.3 is 15.4 Å². The van der Waals surface area contributed by atoms with Gasteiger partial charge in [-0.1, -0.05) is 11.6 Å². The number of carbonyl (C=O) groups is 1. The molecule has 1 fully saturated rings. The quantitative estimate of drug-likeness (QED) is 0.856. The third-order valence-corrected chi connectivity index (χ3v) is 3.94. The van der Waals surface area contributed by atoms with Gasteiger partial charge in [0.25, 0.3) is 5.91 Å². The molecule has 2 rings (SSSR count). The topological polar surface area (TPSA) is 50.4 Å². The van der Waals surface area contributed by atoms with Crippen LogP contribution in [0.15, 0.2) is 11.4 Å². The number of amides is 1. The van der Waals surface area contributed by atoms with E-state index in [9.17, 15) is 4.79 Å². The van der Waals surface area contributed by atoms with E-state index in [0.29, 0.717) is 9.90 Å². The van der Waals surface area contributed by atoms with Crippen molar-refractivity contribution in [2.75, 3.05) is 20.2 Å². The van der Waals surface area contributed by atoms with E-state index < -0.39 is 0 Å². The Kier molecular flexibility index (Phi) is 3.81. The molecule has 1 unspecified atom stereocenters. The highest BCUT2D eigenvalue weighted by atomic mass is 35.5. The van der Waals surface area contributed by atoms with E-state index in [2.05, 4.69) is 10.6 Å². The molecular weight excluding hydrogens is 248 g/mol. The number of nitrogens with one attached hydrogen (secondary N) is 2. The van der Waals surface area contributed by atoms with Crippen LogP contribution in [-0.4, -0.2) is 38.3 Å². The Bertz CT molecular complexity index is 383. The summed E-state index contributed by atoms with van der Waals surface area (Å²) in [7, 11) is 1.65. The number of thiophene rings is 1. The molecule has 0 aliphatic carbocycles. The maximum Gasteiger partial charge on any atom is 0.263 e. The minimum atomic E-state index is -0.129. The second kappa shape index (κ2) is 5.14. The molecule has 1 aliphatic heterocycles. The fourth-order valence-electron chi connectivity index (χ4n) is 1.74. The van der Waals surface area contributed by atoms with E-state index in [1.807, 2.05) is 0 Å². The zero-order valence-corrected chi connectivity index (χ0v) is 10.4. The van der Waals surface area contributed by atoms with Gasteiger partial charge in [0, 0.05) is 20.2 Å². The number of hydrogen-bond donors (Lipinski definition) is 2. The molecule has 0 radical (unpaired) electrons. The predicted octanol–water partition coefficient (Wildman–Crippen LogP) is 1.12. The first-order chi connectivity index (χ1) is 7.72. The van der Waals surface area contributed by atoms with Crippen LogP contribution in [0.5, 0.6) is 0 Å². The lowest BCUT2D eigenvalue weighted by Gasteiger charge is -2.18. The Morgan fingerprint density at radius 2 is 2.50 bits per heavy atom. The average Bonchev–Trinajstić information content (AvgIpc) is 2.86. The monoisotopic (exact) mass is 260 g/mol. The SMILES string of the molecule is CO[C@H]1CNCC1NC(=O)c1sccc1Cl. The highest BCUT2D eigenvalue weighted by Gasteiger charge is 2.29. The Morgan fingerprint density at radius 1 is 1.69 bits per heavy atom. The maximum absolute atomic E-state index is 11.9. The van der Waals surface area contributed by atoms with E-state index in [4.69, 9.17) is 16.3 Å². The highest BCUT2D eigenvalue weighted by molar-refractivity contribution is 7.12. The van der Waals surface area contributed by atoms with Crippen molar-refractivity contribution in [1.29, 1.82) is 0 Å². The van der Waals surface area contributed by atoms with Gasteiger partial charge in [0.1, 0.15) is 4.88 Å². The van der Waals surface area contributed by atoms with E-state index in [-0.39, 0.29) is 18.1 Å². The molecule has 1 amide bonds. The molecule has 0 aromatic carbocycles. The van der Waals surface area contributed by atoms with Crippen molar-refractivity contribution in [2.45, 2.75) is 12.1 Å². The molecule has 0 spiro atoms. The van der Waals surface area contributed by atoms with E-state index >= 15 is 0 Å². The number of halogens is 1. The van der Waals surface area contributed by atoms with Crippen LogP contribution in [-0.2, 0) is 4.74 Å². The van der Waals surface area contributed by atoms with Gasteiger partial charge in [-0.15, -0.1) is 11.3 Å². The van der Waals surface area contributed by atoms with Gasteiger partial charge in [-0.3, -0.25) is 4.79 Å². The number of ether oxygens (including phenoxy) is 1. The van der Waals surface area contributed by atoms with Crippen LogP contribution in [0.1, 0.15) is 9.67 Å². The summed E-state index contributed by atoms with van der Waals surface area (Å²) in [5.41, 5.74) is 0. The molecule has 6 heteroatoms. The Labute approximate surface area is 103 Å². The first kappa shape index (κ1) is 11.9. The summed E-state index contributed by atoms with van der Waals surface area (Å²) >= 11 is 7.24.